The van der Waals surface area contributed by atoms with Crippen molar-refractivity contribution >= 4 is 23.5 Å². The van der Waals surface area contributed by atoms with Gasteiger partial charge in [-0.2, -0.15) is 0 Å². The molecule has 1 aromatic rings. The summed E-state index contributed by atoms with van der Waals surface area (Å²) in [6, 6.07) is 7.24. The summed E-state index contributed by atoms with van der Waals surface area (Å²) in [6.07, 6.45) is 7.27. The first-order chi connectivity index (χ1) is 12.1. The highest BCUT2D eigenvalue weighted by atomic mass is 35.5. The van der Waals surface area contributed by atoms with Crippen LogP contribution in [0, 0.1) is 0 Å². The van der Waals surface area contributed by atoms with Crippen LogP contribution in [0.25, 0.3) is 0 Å². The predicted molar refractivity (Wildman–Crippen MR) is 98.4 cm³/mol. The van der Waals surface area contributed by atoms with Crippen LogP contribution in [0.5, 0.6) is 0 Å². The molecule has 0 radical (unpaired) electrons. The molecule has 2 fully saturated rings. The van der Waals surface area contributed by atoms with E-state index in [1.165, 1.54) is 19.3 Å². The molecule has 6 heteroatoms. The van der Waals surface area contributed by atoms with Gasteiger partial charge in [-0.1, -0.05) is 49.1 Å². The summed E-state index contributed by atoms with van der Waals surface area (Å²) >= 11 is 6.13. The molecule has 0 unspecified atom stereocenters. The maximum Gasteiger partial charge on any atom is 0.318 e. The van der Waals surface area contributed by atoms with Crippen molar-refractivity contribution in [1.29, 1.82) is 0 Å². The Labute approximate surface area is 154 Å². The summed E-state index contributed by atoms with van der Waals surface area (Å²) in [5.74, 6) is -0.101. The summed E-state index contributed by atoms with van der Waals surface area (Å²) in [6.45, 7) is 1.02. The van der Waals surface area contributed by atoms with Crippen molar-refractivity contribution in [2.45, 2.75) is 63.6 Å². The van der Waals surface area contributed by atoms with E-state index in [9.17, 15) is 9.59 Å². The summed E-state index contributed by atoms with van der Waals surface area (Å²) in [5.41, 5.74) is 0.883. The van der Waals surface area contributed by atoms with E-state index in [1.807, 2.05) is 24.3 Å². The molecule has 25 heavy (non-hydrogen) atoms. The van der Waals surface area contributed by atoms with E-state index in [-0.39, 0.29) is 24.0 Å². The van der Waals surface area contributed by atoms with Gasteiger partial charge in [-0.05, 0) is 37.3 Å². The van der Waals surface area contributed by atoms with Crippen LogP contribution in [-0.2, 0) is 11.3 Å². The number of halogens is 1. The lowest BCUT2D eigenvalue weighted by atomic mass is 9.96. The van der Waals surface area contributed by atoms with Crippen molar-refractivity contribution in [2.75, 3.05) is 6.54 Å². The minimum absolute atomic E-state index is 0.0951. The van der Waals surface area contributed by atoms with Gasteiger partial charge in [-0.15, -0.1) is 0 Å². The van der Waals surface area contributed by atoms with Crippen molar-refractivity contribution < 1.29 is 9.59 Å². The third-order valence-electron chi connectivity index (χ3n) is 5.16. The number of nitrogens with zero attached hydrogens (tertiary/aromatic N) is 1. The molecule has 1 saturated carbocycles. The maximum absolute atomic E-state index is 12.6. The van der Waals surface area contributed by atoms with Crippen molar-refractivity contribution in [2.24, 2.45) is 0 Å². The Kier molecular flexibility index (Phi) is 6.19. The molecular formula is C19H26ClN3O2. The van der Waals surface area contributed by atoms with Gasteiger partial charge in [0.1, 0.15) is 6.04 Å². The Hall–Kier alpha value is -1.75. The normalized spacial score (nSPS) is 21.2. The first-order valence-corrected chi connectivity index (χ1v) is 9.61. The quantitative estimate of drug-likeness (QED) is 0.860. The highest BCUT2D eigenvalue weighted by molar-refractivity contribution is 6.31. The number of likely N-dealkylation sites (tertiary alicyclic amines) is 1. The molecule has 0 aromatic heterocycles. The van der Waals surface area contributed by atoms with E-state index in [0.29, 0.717) is 24.5 Å². The fraction of sp³-hybridized carbons (Fsp3) is 0.579. The van der Waals surface area contributed by atoms with Gasteiger partial charge in [0.2, 0.25) is 5.91 Å². The zero-order valence-electron chi connectivity index (χ0n) is 14.5. The van der Waals surface area contributed by atoms with Gasteiger partial charge in [-0.25, -0.2) is 4.79 Å². The highest BCUT2D eigenvalue weighted by Crippen LogP contribution is 2.21. The monoisotopic (exact) mass is 363 g/mol. The second kappa shape index (κ2) is 8.56. The Bertz CT molecular complexity index is 616. The molecule has 0 spiro atoms. The zero-order chi connectivity index (χ0) is 17.6. The maximum atomic E-state index is 12.6. The fourth-order valence-electron chi connectivity index (χ4n) is 3.73. The van der Waals surface area contributed by atoms with Gasteiger partial charge in [-0.3, -0.25) is 4.79 Å². The number of carbonyl (C=O) groups excluding carboxylic acids is 2. The number of amides is 3. The predicted octanol–water partition coefficient (Wildman–Crippen LogP) is 3.46. The first-order valence-electron chi connectivity index (χ1n) is 9.23. The standard InChI is InChI=1S/C19H26ClN3O2/c20-16-10-5-4-7-14(16)13-21-18(24)17-11-6-12-23(17)19(25)22-15-8-2-1-3-9-15/h4-5,7,10,15,17H,1-3,6,8-9,11-13H2,(H,21,24)(H,22,25)/t17-/m1/s1. The highest BCUT2D eigenvalue weighted by Gasteiger charge is 2.34. The van der Waals surface area contributed by atoms with E-state index >= 15 is 0 Å². The summed E-state index contributed by atoms with van der Waals surface area (Å²) in [4.78, 5) is 26.8. The molecule has 1 aliphatic heterocycles. The molecule has 1 aliphatic carbocycles. The van der Waals surface area contributed by atoms with E-state index in [4.69, 9.17) is 11.6 Å². The first kappa shape index (κ1) is 18.1. The molecule has 5 nitrogen and oxygen atoms in total. The van der Waals surface area contributed by atoms with Crippen LogP contribution in [-0.4, -0.2) is 35.5 Å². The lowest BCUT2D eigenvalue weighted by molar-refractivity contribution is -0.124. The average molecular weight is 364 g/mol. The Morgan fingerprint density at radius 2 is 1.84 bits per heavy atom. The SMILES string of the molecule is O=C(NCc1ccccc1Cl)[C@H]1CCCN1C(=O)NC1CCCCC1. The smallest absolute Gasteiger partial charge is 0.318 e. The van der Waals surface area contributed by atoms with Gasteiger partial charge in [0, 0.05) is 24.2 Å². The second-order valence-corrected chi connectivity index (χ2v) is 7.35. The van der Waals surface area contributed by atoms with Crippen LogP contribution < -0.4 is 10.6 Å². The molecule has 1 aromatic carbocycles. The molecule has 3 amide bonds. The number of hydrogen-bond donors (Lipinski definition) is 2. The number of hydrogen-bond acceptors (Lipinski definition) is 2. The third-order valence-corrected chi connectivity index (χ3v) is 5.53. The summed E-state index contributed by atoms with van der Waals surface area (Å²) in [5, 5.41) is 6.68. The van der Waals surface area contributed by atoms with E-state index in [1.54, 1.807) is 4.90 Å². The van der Waals surface area contributed by atoms with Crippen LogP contribution in [0.3, 0.4) is 0 Å². The summed E-state index contributed by atoms with van der Waals surface area (Å²) in [7, 11) is 0. The minimum Gasteiger partial charge on any atom is -0.350 e. The number of urea groups is 1. The second-order valence-electron chi connectivity index (χ2n) is 6.95. The van der Waals surface area contributed by atoms with Gasteiger partial charge in [0.25, 0.3) is 0 Å². The van der Waals surface area contributed by atoms with Gasteiger partial charge < -0.3 is 15.5 Å². The third kappa shape index (κ3) is 4.66. The Morgan fingerprint density at radius 1 is 1.08 bits per heavy atom. The zero-order valence-corrected chi connectivity index (χ0v) is 15.2. The van der Waals surface area contributed by atoms with Crippen LogP contribution in [0.4, 0.5) is 4.79 Å². The topological polar surface area (TPSA) is 61.4 Å². The molecule has 2 N–H and O–H groups in total. The largest absolute Gasteiger partial charge is 0.350 e. The van der Waals surface area contributed by atoms with Gasteiger partial charge >= 0.3 is 6.03 Å². The van der Waals surface area contributed by atoms with E-state index in [2.05, 4.69) is 10.6 Å². The molecule has 1 saturated heterocycles. The average Bonchev–Trinajstić information content (AvgIpc) is 3.12. The fourth-order valence-corrected chi connectivity index (χ4v) is 3.93. The number of rotatable bonds is 4. The van der Waals surface area contributed by atoms with Crippen molar-refractivity contribution in [3.8, 4) is 0 Å². The van der Waals surface area contributed by atoms with Crippen molar-refractivity contribution in [3.05, 3.63) is 34.9 Å². The molecule has 1 heterocycles. The van der Waals surface area contributed by atoms with E-state index in [0.717, 1.165) is 24.8 Å². The van der Waals surface area contributed by atoms with E-state index < -0.39 is 0 Å². The van der Waals surface area contributed by atoms with Crippen LogP contribution >= 0.6 is 11.6 Å². The van der Waals surface area contributed by atoms with Gasteiger partial charge in [0.05, 0.1) is 0 Å². The van der Waals surface area contributed by atoms with Crippen LogP contribution in [0.15, 0.2) is 24.3 Å². The number of nitrogens with one attached hydrogen (secondary N) is 2. The molecular weight excluding hydrogens is 338 g/mol. The molecule has 136 valence electrons. The summed E-state index contributed by atoms with van der Waals surface area (Å²) < 4.78 is 0. The molecule has 1 atom stereocenters. The lowest BCUT2D eigenvalue weighted by Crippen LogP contribution is -2.51. The van der Waals surface area contributed by atoms with Crippen LogP contribution in [0.2, 0.25) is 5.02 Å². The Balaban J connectivity index is 1.54. The van der Waals surface area contributed by atoms with Crippen molar-refractivity contribution in [3.63, 3.8) is 0 Å². The minimum atomic E-state index is -0.383. The van der Waals surface area contributed by atoms with Crippen LogP contribution in [0.1, 0.15) is 50.5 Å². The molecule has 0 bridgehead atoms. The number of benzene rings is 1. The van der Waals surface area contributed by atoms with Gasteiger partial charge in [0.15, 0.2) is 0 Å². The van der Waals surface area contributed by atoms with Crippen molar-refractivity contribution in [1.82, 2.24) is 15.5 Å². The Morgan fingerprint density at radius 3 is 2.60 bits per heavy atom. The number of carbonyl (C=O) groups is 2. The molecule has 3 rings (SSSR count). The lowest BCUT2D eigenvalue weighted by Gasteiger charge is -2.29. The molecule has 2 aliphatic rings.